The molecule has 176 valence electrons. The van der Waals surface area contributed by atoms with Crippen molar-refractivity contribution < 1.29 is 0 Å². The molecule has 1 unspecified atom stereocenters. The molecule has 0 bridgehead atoms. The summed E-state index contributed by atoms with van der Waals surface area (Å²) in [6, 6.07) is 27.0. The molecule has 3 aromatic rings. The normalized spacial score (nSPS) is 19.1. The molecule has 0 spiro atoms. The fraction of sp³-hybridized carbons (Fsp3) is 0.333. The van der Waals surface area contributed by atoms with Crippen molar-refractivity contribution in [3.05, 3.63) is 113 Å². The molecule has 3 aromatic carbocycles. The van der Waals surface area contributed by atoms with Gasteiger partial charge in [-0.15, -0.1) is 0 Å². The summed E-state index contributed by atoms with van der Waals surface area (Å²) in [6.45, 7) is 15.8. The van der Waals surface area contributed by atoms with Crippen LogP contribution in [0.2, 0.25) is 0 Å². The summed E-state index contributed by atoms with van der Waals surface area (Å²) in [5.74, 6) is 0. The monoisotopic (exact) mass is 449 g/mol. The van der Waals surface area contributed by atoms with E-state index in [0.717, 1.165) is 31.4 Å². The Labute approximate surface area is 206 Å². The molecule has 4 rings (SSSR count). The van der Waals surface area contributed by atoms with Crippen LogP contribution in [0.1, 0.15) is 82.6 Å². The first kappa shape index (κ1) is 24.1. The number of hydrogen-bond acceptors (Lipinski definition) is 1. The Morgan fingerprint density at radius 2 is 1.59 bits per heavy atom. The van der Waals surface area contributed by atoms with Gasteiger partial charge in [-0.2, -0.15) is 0 Å². The second-order valence-corrected chi connectivity index (χ2v) is 10.6. The highest BCUT2D eigenvalue weighted by Crippen LogP contribution is 2.45. The lowest BCUT2D eigenvalue weighted by atomic mass is 9.72. The van der Waals surface area contributed by atoms with E-state index >= 15 is 0 Å². The van der Waals surface area contributed by atoms with Crippen LogP contribution in [-0.4, -0.2) is 0 Å². The average molecular weight is 450 g/mol. The molecule has 1 aliphatic rings. The topological polar surface area (TPSA) is 12.0 Å². The van der Waals surface area contributed by atoms with E-state index in [9.17, 15) is 0 Å². The first-order valence-corrected chi connectivity index (χ1v) is 12.8. The largest absolute Gasteiger partial charge is 0.372 e. The first-order valence-electron chi connectivity index (χ1n) is 12.8. The quantitative estimate of drug-likeness (QED) is 0.396. The Balaban J connectivity index is 1.89. The van der Waals surface area contributed by atoms with Crippen molar-refractivity contribution in [2.24, 2.45) is 0 Å². The Morgan fingerprint density at radius 3 is 2.29 bits per heavy atom. The molecule has 0 amide bonds. The van der Waals surface area contributed by atoms with Gasteiger partial charge in [0.2, 0.25) is 0 Å². The minimum atomic E-state index is -0.285. The van der Waals surface area contributed by atoms with Gasteiger partial charge in [0.25, 0.3) is 0 Å². The number of nitrogens with one attached hydrogen (secondary N) is 1. The molecule has 1 N–H and O–H groups in total. The molecule has 0 radical (unpaired) electrons. The van der Waals surface area contributed by atoms with Gasteiger partial charge in [-0.3, -0.25) is 0 Å². The van der Waals surface area contributed by atoms with E-state index in [2.05, 4.69) is 125 Å². The van der Waals surface area contributed by atoms with Gasteiger partial charge in [-0.25, -0.2) is 0 Å². The van der Waals surface area contributed by atoms with Gasteiger partial charge < -0.3 is 5.32 Å². The highest BCUT2D eigenvalue weighted by molar-refractivity contribution is 5.83. The summed E-state index contributed by atoms with van der Waals surface area (Å²) in [5, 5.41) is 3.92. The molecule has 1 nitrogen and oxygen atoms in total. The lowest BCUT2D eigenvalue weighted by molar-refractivity contribution is 0.393. The molecular formula is C33H39N. The fourth-order valence-electron chi connectivity index (χ4n) is 5.22. The summed E-state index contributed by atoms with van der Waals surface area (Å²) in [5.41, 5.74) is 9.97. The van der Waals surface area contributed by atoms with E-state index < -0.39 is 0 Å². The lowest BCUT2D eigenvalue weighted by Crippen LogP contribution is -2.46. The smallest absolute Gasteiger partial charge is 0.0885 e. The van der Waals surface area contributed by atoms with Gasteiger partial charge >= 0.3 is 0 Å². The Kier molecular flexibility index (Phi) is 6.84. The number of hydrogen-bond donors (Lipinski definition) is 1. The molecule has 1 heteroatoms. The molecule has 0 fully saturated rings. The van der Waals surface area contributed by atoms with Crippen molar-refractivity contribution in [1.29, 1.82) is 0 Å². The van der Waals surface area contributed by atoms with Crippen LogP contribution in [0.3, 0.4) is 0 Å². The standard InChI is InChI=1S/C33H39N/c1-7-9-21-33(31-20-11-10-19-30(31)29(14-8-2)24(3)34-33)28-18-13-16-26(23-28)25-15-12-17-27(22-25)32(4,5)6/h10-20,22-23,34H,3,7-9,21H2,1-2,4-6H3/b29-14+. The molecule has 0 aromatic heterocycles. The zero-order chi connectivity index (χ0) is 24.3. The predicted octanol–water partition coefficient (Wildman–Crippen LogP) is 9.00. The summed E-state index contributed by atoms with van der Waals surface area (Å²) in [6.07, 6.45) is 6.62. The van der Waals surface area contributed by atoms with E-state index in [4.69, 9.17) is 0 Å². The van der Waals surface area contributed by atoms with Crippen LogP contribution in [0.15, 0.2) is 91.1 Å². The third-order valence-corrected chi connectivity index (χ3v) is 7.10. The molecule has 0 saturated carbocycles. The minimum absolute atomic E-state index is 0.125. The number of benzene rings is 3. The van der Waals surface area contributed by atoms with Crippen molar-refractivity contribution in [1.82, 2.24) is 5.32 Å². The van der Waals surface area contributed by atoms with E-state index in [1.165, 1.54) is 39.0 Å². The van der Waals surface area contributed by atoms with Gasteiger partial charge in [0, 0.05) is 11.3 Å². The van der Waals surface area contributed by atoms with E-state index in [0.29, 0.717) is 0 Å². The number of rotatable bonds is 6. The van der Waals surface area contributed by atoms with Crippen molar-refractivity contribution in [3.8, 4) is 11.1 Å². The lowest BCUT2D eigenvalue weighted by Gasteiger charge is -2.44. The summed E-state index contributed by atoms with van der Waals surface area (Å²) in [4.78, 5) is 0. The summed E-state index contributed by atoms with van der Waals surface area (Å²) in [7, 11) is 0. The van der Waals surface area contributed by atoms with Gasteiger partial charge in [-0.05, 0) is 57.7 Å². The van der Waals surface area contributed by atoms with Crippen LogP contribution in [0, 0.1) is 0 Å². The zero-order valence-corrected chi connectivity index (χ0v) is 21.5. The highest BCUT2D eigenvalue weighted by atomic mass is 15.0. The molecule has 0 aliphatic carbocycles. The Bertz CT molecular complexity index is 1210. The minimum Gasteiger partial charge on any atom is -0.372 e. The predicted molar refractivity (Wildman–Crippen MR) is 148 cm³/mol. The van der Waals surface area contributed by atoms with Crippen molar-refractivity contribution in [3.63, 3.8) is 0 Å². The molecular weight excluding hydrogens is 410 g/mol. The maximum absolute atomic E-state index is 4.48. The number of fused-ring (bicyclic) bond motifs is 1. The van der Waals surface area contributed by atoms with E-state index in [1.54, 1.807) is 0 Å². The third kappa shape index (κ3) is 4.49. The third-order valence-electron chi connectivity index (χ3n) is 7.10. The molecule has 1 atom stereocenters. The molecule has 34 heavy (non-hydrogen) atoms. The molecule has 1 heterocycles. The summed E-state index contributed by atoms with van der Waals surface area (Å²) >= 11 is 0. The number of allylic oxidation sites excluding steroid dienone is 2. The van der Waals surface area contributed by atoms with Crippen LogP contribution in [0.4, 0.5) is 0 Å². The van der Waals surface area contributed by atoms with Crippen LogP contribution < -0.4 is 5.32 Å². The number of unbranched alkanes of at least 4 members (excludes halogenated alkanes) is 1. The highest BCUT2D eigenvalue weighted by Gasteiger charge is 2.40. The van der Waals surface area contributed by atoms with Crippen molar-refractivity contribution >= 4 is 5.57 Å². The van der Waals surface area contributed by atoms with E-state index in [-0.39, 0.29) is 11.0 Å². The molecule has 1 aliphatic heterocycles. The maximum atomic E-state index is 4.48. The first-order chi connectivity index (χ1) is 16.3. The fourth-order valence-corrected chi connectivity index (χ4v) is 5.22. The van der Waals surface area contributed by atoms with Crippen LogP contribution in [0.25, 0.3) is 16.7 Å². The SMILES string of the molecule is C=C1NC(CCCC)(c2cccc(-c3cccc(C(C)(C)C)c3)c2)c2ccccc2/C1=C/CC. The Hall–Kier alpha value is -3.06. The molecule has 0 saturated heterocycles. The van der Waals surface area contributed by atoms with Crippen LogP contribution in [-0.2, 0) is 11.0 Å². The van der Waals surface area contributed by atoms with Gasteiger partial charge in [-0.1, -0.05) is 127 Å². The second kappa shape index (κ2) is 9.66. The summed E-state index contributed by atoms with van der Waals surface area (Å²) < 4.78 is 0. The van der Waals surface area contributed by atoms with Gasteiger partial charge in [0.05, 0.1) is 5.54 Å². The van der Waals surface area contributed by atoms with E-state index in [1.807, 2.05) is 0 Å². The van der Waals surface area contributed by atoms with Gasteiger partial charge in [0.15, 0.2) is 0 Å². The Morgan fingerprint density at radius 1 is 0.882 bits per heavy atom. The average Bonchev–Trinajstić information content (AvgIpc) is 2.84. The maximum Gasteiger partial charge on any atom is 0.0885 e. The van der Waals surface area contributed by atoms with Gasteiger partial charge in [0.1, 0.15) is 0 Å². The van der Waals surface area contributed by atoms with Crippen molar-refractivity contribution in [2.45, 2.75) is 71.3 Å². The van der Waals surface area contributed by atoms with Crippen LogP contribution >= 0.6 is 0 Å². The second-order valence-electron chi connectivity index (χ2n) is 10.6. The van der Waals surface area contributed by atoms with Crippen molar-refractivity contribution in [2.75, 3.05) is 0 Å². The zero-order valence-electron chi connectivity index (χ0n) is 21.5. The van der Waals surface area contributed by atoms with Crippen LogP contribution in [0.5, 0.6) is 0 Å².